The molecule has 4 heteroatoms. The summed E-state index contributed by atoms with van der Waals surface area (Å²) < 4.78 is 0. The van der Waals surface area contributed by atoms with Crippen LogP contribution in [0.25, 0.3) is 0 Å². The molecule has 0 heterocycles. The van der Waals surface area contributed by atoms with Gasteiger partial charge in [-0.3, -0.25) is 4.79 Å². The van der Waals surface area contributed by atoms with Crippen LogP contribution in [0.2, 0.25) is 0 Å². The number of amides is 1. The molecule has 4 nitrogen and oxygen atoms in total. The van der Waals surface area contributed by atoms with E-state index in [0.29, 0.717) is 13.0 Å². The van der Waals surface area contributed by atoms with Gasteiger partial charge in [-0.25, -0.2) is 9.79 Å². The number of carbonyl (C=O) groups excluding carboxylic acids is 2. The summed E-state index contributed by atoms with van der Waals surface area (Å²) in [4.78, 5) is 23.3. The van der Waals surface area contributed by atoms with Gasteiger partial charge in [-0.15, -0.1) is 0 Å². The van der Waals surface area contributed by atoms with Gasteiger partial charge in [0, 0.05) is 6.42 Å². The zero-order valence-corrected chi connectivity index (χ0v) is 7.08. The van der Waals surface area contributed by atoms with Crippen molar-refractivity contribution in [3.63, 3.8) is 0 Å². The number of hydrogen-bond donors (Lipinski definition) is 1. The summed E-state index contributed by atoms with van der Waals surface area (Å²) in [6.07, 6.45) is 5.60. The summed E-state index contributed by atoms with van der Waals surface area (Å²) in [5, 5.41) is 0. The SMILES string of the molecule is NC(=O)CCCCCCN=C=O. The Balaban J connectivity index is 3.00. The van der Waals surface area contributed by atoms with Crippen molar-refractivity contribution in [3.8, 4) is 0 Å². The number of isocyanates is 1. The molecule has 0 rings (SSSR count). The number of nitrogens with zero attached hydrogens (tertiary/aromatic N) is 1. The summed E-state index contributed by atoms with van der Waals surface area (Å²) in [5.74, 6) is -0.249. The predicted octanol–water partition coefficient (Wildman–Crippen LogP) is 0.758. The van der Waals surface area contributed by atoms with E-state index in [1.807, 2.05) is 0 Å². The van der Waals surface area contributed by atoms with Crippen LogP contribution in [-0.2, 0) is 9.59 Å². The van der Waals surface area contributed by atoms with Crippen LogP contribution in [0.3, 0.4) is 0 Å². The fourth-order valence-electron chi connectivity index (χ4n) is 0.889. The second kappa shape index (κ2) is 7.95. The Labute approximate surface area is 71.9 Å². The van der Waals surface area contributed by atoms with E-state index in [9.17, 15) is 9.59 Å². The minimum Gasteiger partial charge on any atom is -0.370 e. The normalized spacial score (nSPS) is 9.00. The first-order valence-corrected chi connectivity index (χ1v) is 4.09. The van der Waals surface area contributed by atoms with E-state index in [4.69, 9.17) is 5.73 Å². The van der Waals surface area contributed by atoms with Crippen molar-refractivity contribution in [2.45, 2.75) is 32.1 Å². The number of carbonyl (C=O) groups is 1. The molecule has 0 atom stereocenters. The lowest BCUT2D eigenvalue weighted by atomic mass is 10.1. The van der Waals surface area contributed by atoms with Gasteiger partial charge >= 0.3 is 0 Å². The molecule has 1 amide bonds. The predicted molar refractivity (Wildman–Crippen MR) is 45.3 cm³/mol. The zero-order valence-electron chi connectivity index (χ0n) is 7.08. The van der Waals surface area contributed by atoms with E-state index >= 15 is 0 Å². The van der Waals surface area contributed by atoms with E-state index in [1.54, 1.807) is 0 Å². The quantitative estimate of drug-likeness (QED) is 0.348. The minimum absolute atomic E-state index is 0.249. The molecule has 0 bridgehead atoms. The van der Waals surface area contributed by atoms with Crippen LogP contribution in [0.4, 0.5) is 0 Å². The van der Waals surface area contributed by atoms with Crippen LogP contribution in [0.5, 0.6) is 0 Å². The lowest BCUT2D eigenvalue weighted by Gasteiger charge is -1.95. The number of primary amides is 1. The molecule has 68 valence electrons. The van der Waals surface area contributed by atoms with Crippen LogP contribution in [0.1, 0.15) is 32.1 Å². The highest BCUT2D eigenvalue weighted by Gasteiger charge is 1.93. The lowest BCUT2D eigenvalue weighted by Crippen LogP contribution is -2.09. The lowest BCUT2D eigenvalue weighted by molar-refractivity contribution is -0.118. The summed E-state index contributed by atoms with van der Waals surface area (Å²) in [5.41, 5.74) is 4.95. The molecule has 0 aromatic carbocycles. The fourth-order valence-corrected chi connectivity index (χ4v) is 0.889. The van der Waals surface area contributed by atoms with Gasteiger partial charge in [0.2, 0.25) is 12.0 Å². The van der Waals surface area contributed by atoms with Gasteiger partial charge in [0.15, 0.2) is 0 Å². The van der Waals surface area contributed by atoms with Crippen LogP contribution in [0, 0.1) is 0 Å². The smallest absolute Gasteiger partial charge is 0.234 e. The van der Waals surface area contributed by atoms with E-state index in [2.05, 4.69) is 4.99 Å². The van der Waals surface area contributed by atoms with Gasteiger partial charge in [0.1, 0.15) is 0 Å². The maximum absolute atomic E-state index is 10.3. The number of rotatable bonds is 7. The molecule has 0 saturated heterocycles. The average molecular weight is 170 g/mol. The third-order valence-corrected chi connectivity index (χ3v) is 1.51. The maximum Gasteiger partial charge on any atom is 0.234 e. The molecule has 0 aliphatic heterocycles. The van der Waals surface area contributed by atoms with Crippen molar-refractivity contribution in [1.29, 1.82) is 0 Å². The number of hydrogen-bond acceptors (Lipinski definition) is 3. The Kier molecular flexibility index (Phi) is 7.19. The molecule has 12 heavy (non-hydrogen) atoms. The van der Waals surface area contributed by atoms with Crippen LogP contribution < -0.4 is 5.73 Å². The van der Waals surface area contributed by atoms with Crippen LogP contribution >= 0.6 is 0 Å². The van der Waals surface area contributed by atoms with E-state index in [1.165, 1.54) is 6.08 Å². The number of aliphatic imine (C=N–C) groups is 1. The largest absolute Gasteiger partial charge is 0.370 e. The first kappa shape index (κ1) is 10.8. The first-order valence-electron chi connectivity index (χ1n) is 4.09. The molecular formula is C8H14N2O2. The van der Waals surface area contributed by atoms with E-state index < -0.39 is 0 Å². The van der Waals surface area contributed by atoms with Crippen molar-refractivity contribution in [2.75, 3.05) is 6.54 Å². The standard InChI is InChI=1S/C8H14N2O2/c9-8(12)5-3-1-2-4-6-10-7-11/h1-6H2,(H2,9,12). The van der Waals surface area contributed by atoms with Crippen molar-refractivity contribution in [2.24, 2.45) is 10.7 Å². The molecule has 0 aromatic heterocycles. The van der Waals surface area contributed by atoms with Crippen molar-refractivity contribution < 1.29 is 9.59 Å². The van der Waals surface area contributed by atoms with Gasteiger partial charge < -0.3 is 5.73 Å². The highest BCUT2D eigenvalue weighted by atomic mass is 16.1. The van der Waals surface area contributed by atoms with Gasteiger partial charge in [-0.05, 0) is 12.8 Å². The van der Waals surface area contributed by atoms with Gasteiger partial charge in [0.05, 0.1) is 6.54 Å². The van der Waals surface area contributed by atoms with Gasteiger partial charge in [0.25, 0.3) is 0 Å². The van der Waals surface area contributed by atoms with Gasteiger partial charge in [-0.2, -0.15) is 0 Å². The summed E-state index contributed by atoms with van der Waals surface area (Å²) in [6, 6.07) is 0. The minimum atomic E-state index is -0.249. The topological polar surface area (TPSA) is 72.5 Å². The Hall–Kier alpha value is -1.15. The molecule has 0 radical (unpaired) electrons. The molecule has 0 unspecified atom stereocenters. The van der Waals surface area contributed by atoms with Crippen molar-refractivity contribution >= 4 is 12.0 Å². The van der Waals surface area contributed by atoms with Gasteiger partial charge in [-0.1, -0.05) is 12.8 Å². The second-order valence-electron chi connectivity index (χ2n) is 2.60. The molecule has 0 aliphatic carbocycles. The summed E-state index contributed by atoms with van der Waals surface area (Å²) in [6.45, 7) is 0.542. The van der Waals surface area contributed by atoms with E-state index in [-0.39, 0.29) is 5.91 Å². The maximum atomic E-state index is 10.3. The second-order valence-corrected chi connectivity index (χ2v) is 2.60. The fraction of sp³-hybridized carbons (Fsp3) is 0.750. The molecule has 2 N–H and O–H groups in total. The Morgan fingerprint density at radius 3 is 2.50 bits per heavy atom. The van der Waals surface area contributed by atoms with E-state index in [0.717, 1.165) is 25.7 Å². The third-order valence-electron chi connectivity index (χ3n) is 1.51. The summed E-state index contributed by atoms with van der Waals surface area (Å²) in [7, 11) is 0. The number of nitrogens with two attached hydrogens (primary N) is 1. The number of unbranched alkanes of at least 4 members (excludes halogenated alkanes) is 3. The first-order chi connectivity index (χ1) is 5.77. The Morgan fingerprint density at radius 1 is 1.25 bits per heavy atom. The van der Waals surface area contributed by atoms with Crippen LogP contribution in [0.15, 0.2) is 4.99 Å². The molecule has 0 aromatic rings. The molecular weight excluding hydrogens is 156 g/mol. The monoisotopic (exact) mass is 170 g/mol. The van der Waals surface area contributed by atoms with Crippen molar-refractivity contribution in [1.82, 2.24) is 0 Å². The molecule has 0 spiro atoms. The average Bonchev–Trinajstić information content (AvgIpc) is 2.02. The highest BCUT2D eigenvalue weighted by Crippen LogP contribution is 2.02. The molecule has 0 fully saturated rings. The van der Waals surface area contributed by atoms with Crippen LogP contribution in [-0.4, -0.2) is 18.5 Å². The third kappa shape index (κ3) is 8.85. The zero-order chi connectivity index (χ0) is 9.23. The van der Waals surface area contributed by atoms with Crippen molar-refractivity contribution in [3.05, 3.63) is 0 Å². The summed E-state index contributed by atoms with van der Waals surface area (Å²) >= 11 is 0. The molecule has 0 saturated carbocycles. The Morgan fingerprint density at radius 2 is 1.92 bits per heavy atom. The highest BCUT2D eigenvalue weighted by molar-refractivity contribution is 5.73. The molecule has 0 aliphatic rings. The Bertz CT molecular complexity index is 168.